The van der Waals surface area contributed by atoms with Gasteiger partial charge in [0, 0.05) is 12.8 Å². The highest BCUT2D eigenvalue weighted by Gasteiger charge is 2.14. The van der Waals surface area contributed by atoms with Crippen LogP contribution in [0.5, 0.6) is 0 Å². The summed E-state index contributed by atoms with van der Waals surface area (Å²) < 4.78 is 5.92. The molecule has 1 atom stereocenters. The van der Waals surface area contributed by atoms with Gasteiger partial charge >= 0.3 is 11.9 Å². The van der Waals surface area contributed by atoms with Crippen LogP contribution in [-0.2, 0) is 14.3 Å². The first-order valence-corrected chi connectivity index (χ1v) is 17.5. The number of hydrogen-bond acceptors (Lipinski definition) is 3. The molecule has 0 radical (unpaired) electrons. The fraction of sp³-hybridized carbons (Fsp3) is 0.943. The molecule has 0 spiro atoms. The molecule has 0 saturated heterocycles. The Bertz CT molecular complexity index is 519. The fourth-order valence-corrected chi connectivity index (χ4v) is 5.48. The molecule has 0 aromatic carbocycles. The van der Waals surface area contributed by atoms with Crippen molar-refractivity contribution in [2.75, 3.05) is 0 Å². The topological polar surface area (TPSA) is 63.6 Å². The van der Waals surface area contributed by atoms with Crippen molar-refractivity contribution in [3.8, 4) is 0 Å². The third-order valence-corrected chi connectivity index (χ3v) is 8.08. The number of esters is 1. The Morgan fingerprint density at radius 3 is 1.18 bits per heavy atom. The van der Waals surface area contributed by atoms with Crippen LogP contribution in [-0.4, -0.2) is 23.1 Å². The van der Waals surface area contributed by atoms with Gasteiger partial charge in [-0.25, -0.2) is 0 Å². The second-order valence-electron chi connectivity index (χ2n) is 12.1. The van der Waals surface area contributed by atoms with Gasteiger partial charge in [0.05, 0.1) is 0 Å². The van der Waals surface area contributed by atoms with E-state index in [1.807, 2.05) is 0 Å². The number of ether oxygens (including phenoxy) is 1. The largest absolute Gasteiger partial charge is 0.481 e. The third kappa shape index (κ3) is 31.3. The molecular weight excluding hydrogens is 484 g/mol. The van der Waals surface area contributed by atoms with Gasteiger partial charge in [0.25, 0.3) is 0 Å². The smallest absolute Gasteiger partial charge is 0.306 e. The maximum absolute atomic E-state index is 12.5. The summed E-state index contributed by atoms with van der Waals surface area (Å²) in [5, 5.41) is 8.69. The Kier molecular flexibility index (Phi) is 30.6. The van der Waals surface area contributed by atoms with E-state index in [1.165, 1.54) is 122 Å². The summed E-state index contributed by atoms with van der Waals surface area (Å²) in [6.07, 6.45) is 35.7. The zero-order valence-corrected chi connectivity index (χ0v) is 26.5. The van der Waals surface area contributed by atoms with Gasteiger partial charge in [-0.15, -0.1) is 0 Å². The minimum Gasteiger partial charge on any atom is -0.481 e. The zero-order valence-electron chi connectivity index (χ0n) is 26.5. The van der Waals surface area contributed by atoms with E-state index in [0.717, 1.165) is 57.8 Å². The van der Waals surface area contributed by atoms with E-state index >= 15 is 0 Å². The Hall–Kier alpha value is -1.06. The minimum absolute atomic E-state index is 0.0209. The average molecular weight is 553 g/mol. The van der Waals surface area contributed by atoms with Crippen LogP contribution >= 0.6 is 0 Å². The molecule has 0 aliphatic heterocycles. The lowest BCUT2D eigenvalue weighted by molar-refractivity contribution is -0.150. The monoisotopic (exact) mass is 553 g/mol. The second-order valence-corrected chi connectivity index (χ2v) is 12.1. The minimum atomic E-state index is -0.681. The quantitative estimate of drug-likeness (QED) is 0.0665. The first-order chi connectivity index (χ1) is 19.1. The number of carboxylic acids is 1. The molecule has 4 nitrogen and oxygen atoms in total. The zero-order chi connectivity index (χ0) is 28.7. The van der Waals surface area contributed by atoms with E-state index in [0.29, 0.717) is 12.8 Å². The van der Waals surface area contributed by atoms with Gasteiger partial charge in [-0.2, -0.15) is 0 Å². The molecule has 0 heterocycles. The van der Waals surface area contributed by atoms with E-state index in [1.54, 1.807) is 0 Å². The Labute approximate surface area is 243 Å². The van der Waals surface area contributed by atoms with Crippen molar-refractivity contribution in [1.82, 2.24) is 0 Å². The normalized spacial score (nSPS) is 12.1. The van der Waals surface area contributed by atoms with Gasteiger partial charge in [-0.1, -0.05) is 155 Å². The number of aliphatic carboxylic acids is 1. The van der Waals surface area contributed by atoms with Crippen molar-refractivity contribution in [2.45, 2.75) is 213 Å². The van der Waals surface area contributed by atoms with Gasteiger partial charge in [0.1, 0.15) is 6.10 Å². The summed E-state index contributed by atoms with van der Waals surface area (Å²) in [5.74, 6) is -0.661. The van der Waals surface area contributed by atoms with Gasteiger partial charge in [0.15, 0.2) is 0 Å². The van der Waals surface area contributed by atoms with Crippen LogP contribution in [0.3, 0.4) is 0 Å². The molecule has 0 bridgehead atoms. The fourth-order valence-electron chi connectivity index (χ4n) is 5.48. The lowest BCUT2D eigenvalue weighted by Gasteiger charge is -2.18. The molecule has 0 saturated carbocycles. The van der Waals surface area contributed by atoms with Crippen molar-refractivity contribution in [1.29, 1.82) is 0 Å². The van der Waals surface area contributed by atoms with Crippen molar-refractivity contribution < 1.29 is 19.4 Å². The molecule has 0 fully saturated rings. The van der Waals surface area contributed by atoms with Crippen molar-refractivity contribution in [3.05, 3.63) is 0 Å². The van der Waals surface area contributed by atoms with E-state index < -0.39 is 5.97 Å². The van der Waals surface area contributed by atoms with Crippen LogP contribution in [0.15, 0.2) is 0 Å². The molecule has 0 aliphatic carbocycles. The van der Waals surface area contributed by atoms with Crippen LogP contribution in [0, 0.1) is 0 Å². The van der Waals surface area contributed by atoms with Crippen LogP contribution in [0.1, 0.15) is 206 Å². The van der Waals surface area contributed by atoms with Gasteiger partial charge < -0.3 is 9.84 Å². The highest BCUT2D eigenvalue weighted by molar-refractivity contribution is 5.69. The highest BCUT2D eigenvalue weighted by atomic mass is 16.5. The summed E-state index contributed by atoms with van der Waals surface area (Å²) in [7, 11) is 0. The summed E-state index contributed by atoms with van der Waals surface area (Å²) in [4.78, 5) is 23.0. The predicted octanol–water partition coefficient (Wildman–Crippen LogP) is 11.7. The number of hydrogen-bond donors (Lipinski definition) is 1. The lowest BCUT2D eigenvalue weighted by Crippen LogP contribution is -2.18. The van der Waals surface area contributed by atoms with Crippen LogP contribution in [0.25, 0.3) is 0 Å². The first-order valence-electron chi connectivity index (χ1n) is 17.5. The number of rotatable bonds is 32. The third-order valence-electron chi connectivity index (χ3n) is 8.08. The molecule has 232 valence electrons. The van der Waals surface area contributed by atoms with Crippen molar-refractivity contribution >= 4 is 11.9 Å². The molecule has 0 amide bonds. The second kappa shape index (κ2) is 31.5. The van der Waals surface area contributed by atoms with E-state index in [4.69, 9.17) is 9.84 Å². The maximum atomic E-state index is 12.5. The number of carboxylic acid groups (broad SMARTS) is 1. The van der Waals surface area contributed by atoms with Crippen LogP contribution in [0.2, 0.25) is 0 Å². The van der Waals surface area contributed by atoms with Crippen molar-refractivity contribution in [3.63, 3.8) is 0 Å². The predicted molar refractivity (Wildman–Crippen MR) is 167 cm³/mol. The summed E-state index contributed by atoms with van der Waals surface area (Å²) >= 11 is 0. The molecule has 4 heteroatoms. The Balaban J connectivity index is 3.70. The number of carbonyl (C=O) groups excluding carboxylic acids is 1. The van der Waals surface area contributed by atoms with Gasteiger partial charge in [-0.05, 0) is 38.5 Å². The standard InChI is InChI=1S/C35H68O4/c1-3-5-7-8-9-10-11-12-13-14-15-16-21-24-28-32-35(38)39-33(29-25-6-4-2)30-26-22-19-17-18-20-23-27-31-34(36)37/h33H,3-32H2,1-2H3,(H,36,37). The molecule has 0 aromatic heterocycles. The molecule has 39 heavy (non-hydrogen) atoms. The highest BCUT2D eigenvalue weighted by Crippen LogP contribution is 2.18. The Morgan fingerprint density at radius 2 is 0.769 bits per heavy atom. The molecule has 1 N–H and O–H groups in total. The van der Waals surface area contributed by atoms with Crippen molar-refractivity contribution in [2.24, 2.45) is 0 Å². The van der Waals surface area contributed by atoms with Crippen LogP contribution < -0.4 is 0 Å². The maximum Gasteiger partial charge on any atom is 0.306 e. The SMILES string of the molecule is CCCCCCCCCCCCCCCCCC(=O)OC(CCCCC)CCCCCCCCCCC(=O)O. The summed E-state index contributed by atoms with van der Waals surface area (Å²) in [5.41, 5.74) is 0. The number of carbonyl (C=O) groups is 2. The average Bonchev–Trinajstić information content (AvgIpc) is 2.91. The lowest BCUT2D eigenvalue weighted by atomic mass is 10.0. The first kappa shape index (κ1) is 37.9. The van der Waals surface area contributed by atoms with E-state index in [9.17, 15) is 9.59 Å². The molecule has 1 unspecified atom stereocenters. The van der Waals surface area contributed by atoms with Crippen LogP contribution in [0.4, 0.5) is 0 Å². The number of unbranched alkanes of at least 4 members (excludes halogenated alkanes) is 23. The van der Waals surface area contributed by atoms with E-state index in [-0.39, 0.29) is 12.1 Å². The molecule has 0 aliphatic rings. The molecule has 0 aromatic rings. The Morgan fingerprint density at radius 1 is 0.462 bits per heavy atom. The van der Waals surface area contributed by atoms with Gasteiger partial charge in [0.2, 0.25) is 0 Å². The van der Waals surface area contributed by atoms with Gasteiger partial charge in [-0.3, -0.25) is 9.59 Å². The summed E-state index contributed by atoms with van der Waals surface area (Å²) in [6, 6.07) is 0. The summed E-state index contributed by atoms with van der Waals surface area (Å²) in [6.45, 7) is 4.50. The molecule has 0 rings (SSSR count). The van der Waals surface area contributed by atoms with E-state index in [2.05, 4.69) is 13.8 Å². The molecular formula is C35H68O4.